The zero-order chi connectivity index (χ0) is 13.9. The Labute approximate surface area is 133 Å². The van der Waals surface area contributed by atoms with Crippen molar-refractivity contribution in [3.05, 3.63) is 35.4 Å². The largest absolute Gasteiger partial charge is 0.416 e. The molecule has 1 heterocycles. The third-order valence-electron chi connectivity index (χ3n) is 3.36. The number of halogens is 6. The highest BCUT2D eigenvalue weighted by Crippen LogP contribution is 2.36. The number of hydrogen-bond acceptors (Lipinski definition) is 2. The molecule has 1 fully saturated rings. The topological polar surface area (TPSA) is 15.3 Å². The first-order valence-corrected chi connectivity index (χ1v) is 6.21. The SMILES string of the molecule is Cl.Cl.FC[C@@H](c1ccccc1C(F)(F)F)N1CCNCC1. The maximum atomic E-state index is 13.3. The summed E-state index contributed by atoms with van der Waals surface area (Å²) in [4.78, 5) is 1.76. The average molecular weight is 349 g/mol. The Morgan fingerprint density at radius 3 is 2.19 bits per heavy atom. The second-order valence-electron chi connectivity index (χ2n) is 4.54. The van der Waals surface area contributed by atoms with Crippen molar-refractivity contribution >= 4 is 24.8 Å². The van der Waals surface area contributed by atoms with Gasteiger partial charge < -0.3 is 5.32 Å². The molecule has 0 bridgehead atoms. The average Bonchev–Trinajstić information content (AvgIpc) is 2.40. The summed E-state index contributed by atoms with van der Waals surface area (Å²) < 4.78 is 52.1. The molecule has 0 aromatic heterocycles. The van der Waals surface area contributed by atoms with Gasteiger partial charge in [-0.15, -0.1) is 24.8 Å². The van der Waals surface area contributed by atoms with Crippen molar-refractivity contribution in [2.75, 3.05) is 32.9 Å². The minimum absolute atomic E-state index is 0. The van der Waals surface area contributed by atoms with E-state index in [0.29, 0.717) is 26.2 Å². The lowest BCUT2D eigenvalue weighted by atomic mass is 9.99. The first kappa shape index (κ1) is 20.4. The van der Waals surface area contributed by atoms with Gasteiger partial charge in [0.15, 0.2) is 0 Å². The van der Waals surface area contributed by atoms with Gasteiger partial charge in [0.1, 0.15) is 6.67 Å². The van der Waals surface area contributed by atoms with E-state index in [4.69, 9.17) is 0 Å². The maximum absolute atomic E-state index is 13.3. The number of nitrogens with zero attached hydrogens (tertiary/aromatic N) is 1. The van der Waals surface area contributed by atoms with Crippen molar-refractivity contribution in [1.29, 1.82) is 0 Å². The van der Waals surface area contributed by atoms with Crippen molar-refractivity contribution in [2.24, 2.45) is 0 Å². The maximum Gasteiger partial charge on any atom is 0.416 e. The molecule has 2 rings (SSSR count). The molecule has 1 aliphatic heterocycles. The Morgan fingerprint density at radius 1 is 1.10 bits per heavy atom. The van der Waals surface area contributed by atoms with Crippen molar-refractivity contribution in [3.8, 4) is 0 Å². The molecule has 21 heavy (non-hydrogen) atoms. The summed E-state index contributed by atoms with van der Waals surface area (Å²) in [6.45, 7) is 1.64. The number of piperazine rings is 1. The van der Waals surface area contributed by atoms with Gasteiger partial charge in [0.05, 0.1) is 11.6 Å². The zero-order valence-corrected chi connectivity index (χ0v) is 12.8. The predicted octanol–water partition coefficient (Wildman–Crippen LogP) is 3.46. The molecule has 8 heteroatoms. The van der Waals surface area contributed by atoms with Gasteiger partial charge in [0.25, 0.3) is 0 Å². The Bertz CT molecular complexity index is 423. The first-order valence-electron chi connectivity index (χ1n) is 6.21. The van der Waals surface area contributed by atoms with Crippen LogP contribution in [0.5, 0.6) is 0 Å². The first-order chi connectivity index (χ1) is 9.04. The van der Waals surface area contributed by atoms with Gasteiger partial charge in [-0.25, -0.2) is 4.39 Å². The van der Waals surface area contributed by atoms with Crippen molar-refractivity contribution in [2.45, 2.75) is 12.2 Å². The summed E-state index contributed by atoms with van der Waals surface area (Å²) in [6, 6.07) is 4.42. The van der Waals surface area contributed by atoms with Gasteiger partial charge in [-0.3, -0.25) is 4.90 Å². The molecule has 0 aliphatic carbocycles. The van der Waals surface area contributed by atoms with Crippen LogP contribution in [-0.2, 0) is 6.18 Å². The Hall–Kier alpha value is -0.560. The van der Waals surface area contributed by atoms with Gasteiger partial charge in [-0.05, 0) is 11.6 Å². The molecule has 0 unspecified atom stereocenters. The van der Waals surface area contributed by atoms with E-state index in [1.807, 2.05) is 0 Å². The number of hydrogen-bond donors (Lipinski definition) is 1. The van der Waals surface area contributed by atoms with E-state index in [0.717, 1.165) is 6.07 Å². The molecule has 0 amide bonds. The van der Waals surface area contributed by atoms with Gasteiger partial charge >= 0.3 is 6.18 Å². The molecule has 122 valence electrons. The predicted molar refractivity (Wildman–Crippen MR) is 79.1 cm³/mol. The van der Waals surface area contributed by atoms with E-state index >= 15 is 0 Å². The molecule has 1 aliphatic rings. The van der Waals surface area contributed by atoms with Crippen LogP contribution in [0.2, 0.25) is 0 Å². The zero-order valence-electron chi connectivity index (χ0n) is 11.2. The molecule has 1 saturated heterocycles. The highest BCUT2D eigenvalue weighted by molar-refractivity contribution is 5.85. The molecule has 1 N–H and O–H groups in total. The Balaban J connectivity index is 0.00000200. The molecular formula is C13H18Cl2F4N2. The number of alkyl halides is 4. The molecule has 0 radical (unpaired) electrons. The number of nitrogens with one attached hydrogen (secondary N) is 1. The number of rotatable bonds is 3. The normalized spacial score (nSPS) is 17.5. The summed E-state index contributed by atoms with van der Waals surface area (Å²) in [5.74, 6) is 0. The van der Waals surface area contributed by atoms with Crippen LogP contribution in [0.4, 0.5) is 17.6 Å². The molecule has 0 spiro atoms. The second-order valence-corrected chi connectivity index (χ2v) is 4.54. The van der Waals surface area contributed by atoms with E-state index in [1.54, 1.807) is 4.90 Å². The second kappa shape index (κ2) is 8.78. The number of benzene rings is 1. The van der Waals surface area contributed by atoms with E-state index in [2.05, 4.69) is 5.32 Å². The smallest absolute Gasteiger partial charge is 0.314 e. The third-order valence-corrected chi connectivity index (χ3v) is 3.36. The Kier molecular flexibility index (Phi) is 8.54. The lowest BCUT2D eigenvalue weighted by Gasteiger charge is -2.34. The summed E-state index contributed by atoms with van der Waals surface area (Å²) in [6.07, 6.45) is -4.45. The van der Waals surface area contributed by atoms with Crippen molar-refractivity contribution in [3.63, 3.8) is 0 Å². The van der Waals surface area contributed by atoms with Gasteiger partial charge in [-0.1, -0.05) is 18.2 Å². The van der Waals surface area contributed by atoms with Gasteiger partial charge in [0.2, 0.25) is 0 Å². The highest BCUT2D eigenvalue weighted by atomic mass is 35.5. The van der Waals surface area contributed by atoms with Crippen LogP contribution < -0.4 is 5.32 Å². The molecule has 1 aromatic rings. The lowest BCUT2D eigenvalue weighted by Crippen LogP contribution is -2.46. The lowest BCUT2D eigenvalue weighted by molar-refractivity contribution is -0.138. The summed E-state index contributed by atoms with van der Waals surface area (Å²) in [5, 5.41) is 3.10. The fourth-order valence-electron chi connectivity index (χ4n) is 2.42. The van der Waals surface area contributed by atoms with Crippen LogP contribution in [-0.4, -0.2) is 37.8 Å². The van der Waals surface area contributed by atoms with Crippen LogP contribution in [0.1, 0.15) is 17.2 Å². The highest BCUT2D eigenvalue weighted by Gasteiger charge is 2.36. The summed E-state index contributed by atoms with van der Waals surface area (Å²) >= 11 is 0. The van der Waals surface area contributed by atoms with Crippen LogP contribution >= 0.6 is 24.8 Å². The summed E-state index contributed by atoms with van der Waals surface area (Å²) in [5.41, 5.74) is -0.712. The fourth-order valence-corrected chi connectivity index (χ4v) is 2.42. The van der Waals surface area contributed by atoms with Gasteiger partial charge in [0, 0.05) is 26.2 Å². The molecule has 0 saturated carbocycles. The van der Waals surface area contributed by atoms with E-state index in [1.165, 1.54) is 18.2 Å². The van der Waals surface area contributed by atoms with E-state index < -0.39 is 24.5 Å². The third kappa shape index (κ3) is 4.98. The van der Waals surface area contributed by atoms with E-state index in [-0.39, 0.29) is 30.4 Å². The quantitative estimate of drug-likeness (QED) is 0.841. The van der Waals surface area contributed by atoms with Crippen molar-refractivity contribution < 1.29 is 17.6 Å². The standard InChI is InChI=1S/C13H16F4N2.2ClH/c14-9-12(19-7-5-18-6-8-19)10-3-1-2-4-11(10)13(15,16)17;;/h1-4,12,18H,5-9H2;2*1H/t12-;;/m0../s1. The Morgan fingerprint density at radius 2 is 1.67 bits per heavy atom. The van der Waals surface area contributed by atoms with Crippen molar-refractivity contribution in [1.82, 2.24) is 10.2 Å². The minimum Gasteiger partial charge on any atom is -0.314 e. The molecular weight excluding hydrogens is 331 g/mol. The monoisotopic (exact) mass is 348 g/mol. The summed E-state index contributed by atoms with van der Waals surface area (Å²) in [7, 11) is 0. The van der Waals surface area contributed by atoms with E-state index in [9.17, 15) is 17.6 Å². The minimum atomic E-state index is -4.45. The van der Waals surface area contributed by atoms with Crippen LogP contribution in [0.25, 0.3) is 0 Å². The van der Waals surface area contributed by atoms with Crippen LogP contribution in [0, 0.1) is 0 Å². The molecule has 2 nitrogen and oxygen atoms in total. The van der Waals surface area contributed by atoms with Crippen LogP contribution in [0.3, 0.4) is 0 Å². The molecule has 1 aromatic carbocycles. The molecule has 1 atom stereocenters. The fraction of sp³-hybridized carbons (Fsp3) is 0.538. The van der Waals surface area contributed by atoms with Crippen LogP contribution in [0.15, 0.2) is 24.3 Å². The van der Waals surface area contributed by atoms with Gasteiger partial charge in [-0.2, -0.15) is 13.2 Å².